The lowest BCUT2D eigenvalue weighted by Crippen LogP contribution is -2.26. The zero-order valence-electron chi connectivity index (χ0n) is 12.4. The molecule has 0 spiro atoms. The van der Waals surface area contributed by atoms with Gasteiger partial charge in [-0.15, -0.1) is 0 Å². The summed E-state index contributed by atoms with van der Waals surface area (Å²) in [5, 5.41) is 3.54. The van der Waals surface area contributed by atoms with Gasteiger partial charge in [0.1, 0.15) is 0 Å². The minimum Gasteiger partial charge on any atom is -0.493 e. The number of nitrogens with one attached hydrogen (secondary N) is 1. The van der Waals surface area contributed by atoms with Crippen LogP contribution in [0, 0.1) is 0 Å². The Morgan fingerprint density at radius 2 is 1.95 bits per heavy atom. The highest BCUT2D eigenvalue weighted by Crippen LogP contribution is 2.27. The molecule has 1 atom stereocenters. The quantitative estimate of drug-likeness (QED) is 0.704. The fourth-order valence-electron chi connectivity index (χ4n) is 1.79. The van der Waals surface area contributed by atoms with Gasteiger partial charge >= 0.3 is 0 Å². The van der Waals surface area contributed by atoms with E-state index in [9.17, 15) is 0 Å². The number of rotatable bonds is 9. The number of hydrogen-bond donors (Lipinski definition) is 1. The van der Waals surface area contributed by atoms with E-state index in [0.29, 0.717) is 6.04 Å². The largest absolute Gasteiger partial charge is 0.493 e. The van der Waals surface area contributed by atoms with Crippen molar-refractivity contribution in [3.05, 3.63) is 23.8 Å². The molecule has 0 amide bonds. The van der Waals surface area contributed by atoms with Crippen molar-refractivity contribution in [2.45, 2.75) is 32.9 Å². The Balaban J connectivity index is 2.44. The molecule has 1 rings (SSSR count). The highest BCUT2D eigenvalue weighted by atomic mass is 32.2. The maximum Gasteiger partial charge on any atom is 0.161 e. The van der Waals surface area contributed by atoms with Crippen molar-refractivity contribution >= 4 is 11.8 Å². The van der Waals surface area contributed by atoms with E-state index in [-0.39, 0.29) is 0 Å². The van der Waals surface area contributed by atoms with Crippen molar-refractivity contribution in [3.63, 3.8) is 0 Å². The highest BCUT2D eigenvalue weighted by molar-refractivity contribution is 7.99. The molecule has 4 heteroatoms. The van der Waals surface area contributed by atoms with Gasteiger partial charge in [-0.05, 0) is 42.5 Å². The van der Waals surface area contributed by atoms with Gasteiger partial charge in [0, 0.05) is 12.6 Å². The number of methoxy groups -OCH3 is 2. The fourth-order valence-corrected chi connectivity index (χ4v) is 2.60. The third-order valence-electron chi connectivity index (χ3n) is 3.00. The van der Waals surface area contributed by atoms with Gasteiger partial charge in [-0.25, -0.2) is 0 Å². The molecule has 0 saturated heterocycles. The molecule has 1 aromatic carbocycles. The average Bonchev–Trinajstić information content (AvgIpc) is 2.45. The Hall–Kier alpha value is -0.870. The molecule has 1 aromatic rings. The molecule has 0 fully saturated rings. The Bertz CT molecular complexity index is 371. The first-order valence-corrected chi connectivity index (χ1v) is 7.88. The van der Waals surface area contributed by atoms with Gasteiger partial charge < -0.3 is 14.8 Å². The molecule has 0 aliphatic carbocycles. The van der Waals surface area contributed by atoms with Gasteiger partial charge in [0.25, 0.3) is 0 Å². The number of hydrogen-bond acceptors (Lipinski definition) is 4. The molecule has 0 aliphatic rings. The predicted octanol–water partition coefficient (Wildman–Crippen LogP) is 3.33. The van der Waals surface area contributed by atoms with Crippen LogP contribution in [0.1, 0.15) is 25.8 Å². The molecule has 108 valence electrons. The van der Waals surface area contributed by atoms with Crippen molar-refractivity contribution in [1.29, 1.82) is 0 Å². The Kier molecular flexibility index (Phi) is 7.75. The monoisotopic (exact) mass is 283 g/mol. The molecular weight excluding hydrogens is 258 g/mol. The lowest BCUT2D eigenvalue weighted by Gasteiger charge is -2.14. The van der Waals surface area contributed by atoms with Crippen LogP contribution < -0.4 is 14.8 Å². The summed E-state index contributed by atoms with van der Waals surface area (Å²) in [5.74, 6) is 3.98. The zero-order chi connectivity index (χ0) is 14.1. The van der Waals surface area contributed by atoms with Gasteiger partial charge in [-0.1, -0.05) is 13.0 Å². The summed E-state index contributed by atoms with van der Waals surface area (Å²) in [6, 6.07) is 6.58. The second-order valence-electron chi connectivity index (χ2n) is 4.46. The third kappa shape index (κ3) is 5.74. The SMILES string of the molecule is CCSCCC(C)NCc1ccc(OC)c(OC)c1. The summed E-state index contributed by atoms with van der Waals surface area (Å²) >= 11 is 1.99. The fraction of sp³-hybridized carbons (Fsp3) is 0.600. The van der Waals surface area contributed by atoms with Crippen molar-refractivity contribution < 1.29 is 9.47 Å². The predicted molar refractivity (Wildman–Crippen MR) is 83.5 cm³/mol. The van der Waals surface area contributed by atoms with Crippen LogP contribution in [0.25, 0.3) is 0 Å². The molecule has 19 heavy (non-hydrogen) atoms. The summed E-state index contributed by atoms with van der Waals surface area (Å²) in [7, 11) is 3.32. The lowest BCUT2D eigenvalue weighted by molar-refractivity contribution is 0.354. The van der Waals surface area contributed by atoms with Gasteiger partial charge in [0.2, 0.25) is 0 Å². The average molecular weight is 283 g/mol. The molecule has 3 nitrogen and oxygen atoms in total. The van der Waals surface area contributed by atoms with Gasteiger partial charge in [0.05, 0.1) is 14.2 Å². The second kappa shape index (κ2) is 9.10. The van der Waals surface area contributed by atoms with Crippen molar-refractivity contribution in [2.24, 2.45) is 0 Å². The number of ether oxygens (including phenoxy) is 2. The van der Waals surface area contributed by atoms with Crippen LogP contribution >= 0.6 is 11.8 Å². The Labute approximate surface area is 121 Å². The standard InChI is InChI=1S/C15H25NO2S/c1-5-19-9-8-12(2)16-11-13-6-7-14(17-3)15(10-13)18-4/h6-7,10,12,16H,5,8-9,11H2,1-4H3. The van der Waals surface area contributed by atoms with Gasteiger partial charge in [-0.3, -0.25) is 0 Å². The molecule has 1 unspecified atom stereocenters. The Morgan fingerprint density at radius 3 is 2.58 bits per heavy atom. The van der Waals surface area contributed by atoms with E-state index < -0.39 is 0 Å². The molecule has 0 bridgehead atoms. The molecule has 0 radical (unpaired) electrons. The second-order valence-corrected chi connectivity index (χ2v) is 5.85. The summed E-state index contributed by atoms with van der Waals surface area (Å²) in [5.41, 5.74) is 1.22. The van der Waals surface area contributed by atoms with Gasteiger partial charge in [0.15, 0.2) is 11.5 Å². The van der Waals surface area contributed by atoms with Crippen LogP contribution in [0.15, 0.2) is 18.2 Å². The molecule has 0 heterocycles. The summed E-state index contributed by atoms with van der Waals surface area (Å²) < 4.78 is 10.5. The Morgan fingerprint density at radius 1 is 1.21 bits per heavy atom. The van der Waals surface area contributed by atoms with Crippen LogP contribution in [0.4, 0.5) is 0 Å². The first-order valence-electron chi connectivity index (χ1n) is 6.73. The van der Waals surface area contributed by atoms with E-state index in [1.54, 1.807) is 14.2 Å². The topological polar surface area (TPSA) is 30.5 Å². The summed E-state index contributed by atoms with van der Waals surface area (Å²) in [6.45, 7) is 5.29. The first-order chi connectivity index (χ1) is 9.21. The first kappa shape index (κ1) is 16.2. The molecular formula is C15H25NO2S. The minimum atomic E-state index is 0.534. The van der Waals surface area contributed by atoms with Crippen molar-refractivity contribution in [1.82, 2.24) is 5.32 Å². The molecule has 0 aromatic heterocycles. The van der Waals surface area contributed by atoms with Crippen LogP contribution in [-0.2, 0) is 6.54 Å². The lowest BCUT2D eigenvalue weighted by atomic mass is 10.2. The number of thioether (sulfide) groups is 1. The van der Waals surface area contributed by atoms with Crippen molar-refractivity contribution in [2.75, 3.05) is 25.7 Å². The molecule has 0 aliphatic heterocycles. The van der Waals surface area contributed by atoms with E-state index in [1.807, 2.05) is 23.9 Å². The van der Waals surface area contributed by atoms with Crippen LogP contribution in [-0.4, -0.2) is 31.8 Å². The van der Waals surface area contributed by atoms with E-state index >= 15 is 0 Å². The summed E-state index contributed by atoms with van der Waals surface area (Å²) in [6.07, 6.45) is 1.20. The normalized spacial score (nSPS) is 12.2. The van der Waals surface area contributed by atoms with Gasteiger partial charge in [-0.2, -0.15) is 11.8 Å². The van der Waals surface area contributed by atoms with Crippen molar-refractivity contribution in [3.8, 4) is 11.5 Å². The van der Waals surface area contributed by atoms with E-state index in [1.165, 1.54) is 23.5 Å². The van der Waals surface area contributed by atoms with Crippen LogP contribution in [0.2, 0.25) is 0 Å². The maximum absolute atomic E-state index is 5.31. The maximum atomic E-state index is 5.31. The molecule has 1 N–H and O–H groups in total. The minimum absolute atomic E-state index is 0.534. The molecule has 0 saturated carbocycles. The summed E-state index contributed by atoms with van der Waals surface area (Å²) in [4.78, 5) is 0. The van der Waals surface area contributed by atoms with E-state index in [2.05, 4.69) is 25.2 Å². The van der Waals surface area contributed by atoms with E-state index in [4.69, 9.17) is 9.47 Å². The van der Waals surface area contributed by atoms with E-state index in [0.717, 1.165) is 18.0 Å². The zero-order valence-corrected chi connectivity index (χ0v) is 13.2. The smallest absolute Gasteiger partial charge is 0.161 e. The highest BCUT2D eigenvalue weighted by Gasteiger charge is 2.06. The third-order valence-corrected chi connectivity index (χ3v) is 3.93. The van der Waals surface area contributed by atoms with Crippen LogP contribution in [0.5, 0.6) is 11.5 Å². The van der Waals surface area contributed by atoms with Crippen LogP contribution in [0.3, 0.4) is 0 Å². The number of benzene rings is 1.